The van der Waals surface area contributed by atoms with Crippen LogP contribution in [-0.2, 0) is 11.8 Å². The molecule has 1 saturated heterocycles. The van der Waals surface area contributed by atoms with E-state index in [9.17, 15) is 18.4 Å². The number of nitrogens with one attached hydrogen (secondary N) is 1. The maximum absolute atomic E-state index is 13.0. The van der Waals surface area contributed by atoms with Gasteiger partial charge < -0.3 is 10.2 Å². The highest BCUT2D eigenvalue weighted by Gasteiger charge is 2.42. The lowest BCUT2D eigenvalue weighted by Crippen LogP contribution is -2.63. The van der Waals surface area contributed by atoms with Crippen LogP contribution in [0, 0.1) is 0 Å². The first-order chi connectivity index (χ1) is 9.26. The highest BCUT2D eigenvalue weighted by Crippen LogP contribution is 2.26. The molecule has 2 heterocycles. The van der Waals surface area contributed by atoms with Crippen LogP contribution in [0.1, 0.15) is 36.3 Å². The van der Waals surface area contributed by atoms with Gasteiger partial charge in [0.1, 0.15) is 11.2 Å². The molecule has 0 radical (unpaired) electrons. The van der Waals surface area contributed by atoms with Crippen molar-refractivity contribution in [1.29, 1.82) is 0 Å². The van der Waals surface area contributed by atoms with Gasteiger partial charge in [-0.25, -0.2) is 8.78 Å². The lowest BCUT2D eigenvalue weighted by Gasteiger charge is -2.41. The molecule has 1 N–H and O–H groups in total. The molecular formula is C12H16F2N4O2. The first-order valence-corrected chi connectivity index (χ1v) is 6.17. The van der Waals surface area contributed by atoms with Gasteiger partial charge in [0.05, 0.1) is 11.8 Å². The number of piperazine rings is 1. The summed E-state index contributed by atoms with van der Waals surface area (Å²) in [4.78, 5) is 25.6. The molecule has 6 nitrogen and oxygen atoms in total. The Labute approximate surface area is 114 Å². The van der Waals surface area contributed by atoms with Crippen molar-refractivity contribution in [3.63, 3.8) is 0 Å². The highest BCUT2D eigenvalue weighted by atomic mass is 19.3. The van der Waals surface area contributed by atoms with Crippen molar-refractivity contribution in [3.8, 4) is 0 Å². The van der Waals surface area contributed by atoms with Crippen molar-refractivity contribution in [3.05, 3.63) is 17.5 Å². The summed E-state index contributed by atoms with van der Waals surface area (Å²) in [6, 6.07) is 0. The maximum Gasteiger partial charge on any atom is 0.280 e. The van der Waals surface area contributed by atoms with Crippen LogP contribution in [-0.4, -0.2) is 45.1 Å². The van der Waals surface area contributed by atoms with Gasteiger partial charge in [0.15, 0.2) is 0 Å². The minimum atomic E-state index is -2.80. The molecule has 2 amide bonds. The molecular weight excluding hydrogens is 270 g/mol. The normalized spacial score (nSPS) is 18.3. The zero-order chi connectivity index (χ0) is 15.1. The maximum atomic E-state index is 13.0. The fourth-order valence-corrected chi connectivity index (χ4v) is 2.27. The van der Waals surface area contributed by atoms with Crippen molar-refractivity contribution in [2.45, 2.75) is 25.8 Å². The van der Waals surface area contributed by atoms with Crippen LogP contribution in [0.4, 0.5) is 8.78 Å². The number of carbonyl (C=O) groups excluding carboxylic acids is 2. The van der Waals surface area contributed by atoms with Gasteiger partial charge in [0.25, 0.3) is 12.3 Å². The summed E-state index contributed by atoms with van der Waals surface area (Å²) in [6.45, 7) is 3.74. The largest absolute Gasteiger partial charge is 0.352 e. The molecule has 0 aromatic carbocycles. The van der Waals surface area contributed by atoms with Crippen molar-refractivity contribution >= 4 is 11.8 Å². The third-order valence-electron chi connectivity index (χ3n) is 3.52. The molecule has 0 aliphatic carbocycles. The third kappa shape index (κ3) is 2.14. The monoisotopic (exact) mass is 286 g/mol. The molecule has 8 heteroatoms. The molecule has 0 bridgehead atoms. The van der Waals surface area contributed by atoms with Crippen molar-refractivity contribution in [1.82, 2.24) is 20.0 Å². The summed E-state index contributed by atoms with van der Waals surface area (Å²) in [5, 5.41) is 6.36. The quantitative estimate of drug-likeness (QED) is 0.870. The number of nitrogens with zero attached hydrogens (tertiary/aromatic N) is 3. The Bertz CT molecular complexity index is 554. The predicted octanol–water partition coefficient (Wildman–Crippen LogP) is 0.708. The minimum Gasteiger partial charge on any atom is -0.352 e. The average molecular weight is 286 g/mol. The van der Waals surface area contributed by atoms with Gasteiger partial charge in [-0.3, -0.25) is 14.3 Å². The summed E-state index contributed by atoms with van der Waals surface area (Å²) in [5.74, 6) is -0.909. The van der Waals surface area contributed by atoms with E-state index in [1.165, 1.54) is 11.9 Å². The third-order valence-corrected chi connectivity index (χ3v) is 3.52. The average Bonchev–Trinajstić information content (AvgIpc) is 2.74. The van der Waals surface area contributed by atoms with E-state index in [1.54, 1.807) is 13.8 Å². The number of halogens is 2. The van der Waals surface area contributed by atoms with Crippen LogP contribution in [0.3, 0.4) is 0 Å². The van der Waals surface area contributed by atoms with Crippen LogP contribution >= 0.6 is 0 Å². The topological polar surface area (TPSA) is 67.2 Å². The molecule has 1 aromatic rings. The van der Waals surface area contributed by atoms with E-state index in [0.29, 0.717) is 6.54 Å². The highest BCUT2D eigenvalue weighted by molar-refractivity contribution is 6.00. The van der Waals surface area contributed by atoms with Gasteiger partial charge in [-0.15, -0.1) is 0 Å². The molecule has 1 aliphatic rings. The Balaban J connectivity index is 2.39. The summed E-state index contributed by atoms with van der Waals surface area (Å²) in [5.41, 5.74) is -1.67. The standard InChI is InChI=1S/C12H16F2N4O2/c1-12(2)11(20)15-4-5-18(12)10(19)7-6-16-17(3)8(7)9(13)14/h6,9H,4-5H2,1-3H3,(H,15,20). The predicted molar refractivity (Wildman–Crippen MR) is 66.3 cm³/mol. The van der Waals surface area contributed by atoms with E-state index < -0.39 is 23.6 Å². The molecule has 0 atom stereocenters. The Morgan fingerprint density at radius 1 is 1.50 bits per heavy atom. The van der Waals surface area contributed by atoms with Crippen molar-refractivity contribution < 1.29 is 18.4 Å². The van der Waals surface area contributed by atoms with Gasteiger partial charge in [-0.2, -0.15) is 5.10 Å². The number of aryl methyl sites for hydroxylation is 1. The molecule has 0 spiro atoms. The zero-order valence-electron chi connectivity index (χ0n) is 11.5. The summed E-state index contributed by atoms with van der Waals surface area (Å²) in [6.07, 6.45) is -1.69. The van der Waals surface area contributed by atoms with Crippen molar-refractivity contribution in [2.24, 2.45) is 7.05 Å². The smallest absolute Gasteiger partial charge is 0.280 e. The van der Waals surface area contributed by atoms with Gasteiger partial charge >= 0.3 is 0 Å². The van der Waals surface area contributed by atoms with Crippen molar-refractivity contribution in [2.75, 3.05) is 13.1 Å². The Kier molecular flexibility index (Phi) is 3.49. The Morgan fingerprint density at radius 3 is 2.75 bits per heavy atom. The fourth-order valence-electron chi connectivity index (χ4n) is 2.27. The SMILES string of the molecule is Cn1ncc(C(=O)N2CCNC(=O)C2(C)C)c1C(F)F. The number of carbonyl (C=O) groups is 2. The Morgan fingerprint density at radius 2 is 2.15 bits per heavy atom. The van der Waals surface area contributed by atoms with Gasteiger partial charge in [-0.1, -0.05) is 0 Å². The van der Waals surface area contributed by atoms with E-state index in [-0.39, 0.29) is 18.0 Å². The molecule has 1 fully saturated rings. The molecule has 110 valence electrons. The van der Waals surface area contributed by atoms with E-state index in [4.69, 9.17) is 0 Å². The minimum absolute atomic E-state index is 0.162. The van der Waals surface area contributed by atoms with Gasteiger partial charge in [0, 0.05) is 20.1 Å². The number of amides is 2. The van der Waals surface area contributed by atoms with E-state index in [0.717, 1.165) is 10.9 Å². The molecule has 0 unspecified atom stereocenters. The lowest BCUT2D eigenvalue weighted by atomic mass is 9.97. The summed E-state index contributed by atoms with van der Waals surface area (Å²) in [7, 11) is 1.35. The van der Waals surface area contributed by atoms with E-state index >= 15 is 0 Å². The zero-order valence-corrected chi connectivity index (χ0v) is 11.5. The van der Waals surface area contributed by atoms with Crippen LogP contribution in [0.15, 0.2) is 6.20 Å². The number of hydrogen-bond donors (Lipinski definition) is 1. The van der Waals surface area contributed by atoms with E-state index in [1.807, 2.05) is 0 Å². The van der Waals surface area contributed by atoms with E-state index in [2.05, 4.69) is 10.4 Å². The second-order valence-electron chi connectivity index (χ2n) is 5.14. The summed E-state index contributed by atoms with van der Waals surface area (Å²) >= 11 is 0. The molecule has 2 rings (SSSR count). The van der Waals surface area contributed by atoms with Gasteiger partial charge in [0.2, 0.25) is 5.91 Å². The first-order valence-electron chi connectivity index (χ1n) is 6.17. The fraction of sp³-hybridized carbons (Fsp3) is 0.583. The number of alkyl halides is 2. The number of hydrogen-bond acceptors (Lipinski definition) is 3. The van der Waals surface area contributed by atoms with Crippen LogP contribution in [0.2, 0.25) is 0 Å². The summed E-state index contributed by atoms with van der Waals surface area (Å²) < 4.78 is 27.0. The van der Waals surface area contributed by atoms with Gasteiger partial charge in [-0.05, 0) is 13.8 Å². The Hall–Kier alpha value is -1.99. The molecule has 1 aromatic heterocycles. The lowest BCUT2D eigenvalue weighted by molar-refractivity contribution is -0.133. The molecule has 1 aliphatic heterocycles. The van der Waals surface area contributed by atoms with Crippen LogP contribution in [0.5, 0.6) is 0 Å². The number of rotatable bonds is 2. The molecule has 20 heavy (non-hydrogen) atoms. The first kappa shape index (κ1) is 14.4. The van der Waals surface area contributed by atoms with Crippen LogP contribution < -0.4 is 5.32 Å². The second kappa shape index (κ2) is 4.84. The second-order valence-corrected chi connectivity index (χ2v) is 5.14. The molecule has 0 saturated carbocycles. The number of aromatic nitrogens is 2. The van der Waals surface area contributed by atoms with Crippen LogP contribution in [0.25, 0.3) is 0 Å².